The Kier molecular flexibility index (Phi) is 4.95. The number of carboxylic acid groups (broad SMARTS) is 1. The van der Waals surface area contributed by atoms with Gasteiger partial charge in [-0.15, -0.1) is 0 Å². The molecule has 0 aromatic heterocycles. The summed E-state index contributed by atoms with van der Waals surface area (Å²) in [6.45, 7) is 4.72. The number of hydrogen-bond acceptors (Lipinski definition) is 3. The summed E-state index contributed by atoms with van der Waals surface area (Å²) >= 11 is 0. The maximum Gasteiger partial charge on any atom is 0.329 e. The maximum absolute atomic E-state index is 12.1. The molecule has 0 atom stereocenters. The molecule has 0 radical (unpaired) electrons. The summed E-state index contributed by atoms with van der Waals surface area (Å²) in [5.74, 6) is -0.977. The second-order valence-electron chi connectivity index (χ2n) is 4.85. The lowest BCUT2D eigenvalue weighted by molar-refractivity contribution is -0.144. The lowest BCUT2D eigenvalue weighted by Crippen LogP contribution is -2.58. The van der Waals surface area contributed by atoms with Crippen LogP contribution in [0.25, 0.3) is 0 Å². The summed E-state index contributed by atoms with van der Waals surface area (Å²) in [4.78, 5) is 25.0. The topological polar surface area (TPSA) is 95.7 Å². The highest BCUT2D eigenvalue weighted by atomic mass is 16.4. The summed E-state index contributed by atoms with van der Waals surface area (Å²) in [6, 6.07) is -0.149. The van der Waals surface area contributed by atoms with Gasteiger partial charge in [-0.05, 0) is 25.7 Å². The van der Waals surface area contributed by atoms with E-state index in [-0.39, 0.29) is 12.1 Å². The molecule has 2 amide bonds. The molecule has 0 bridgehead atoms. The van der Waals surface area contributed by atoms with Crippen LogP contribution in [0.1, 0.15) is 39.5 Å². The van der Waals surface area contributed by atoms with Crippen LogP contribution < -0.4 is 11.1 Å². The molecule has 1 aliphatic heterocycles. The Balaban J connectivity index is 2.64. The molecule has 0 aliphatic carbocycles. The van der Waals surface area contributed by atoms with Crippen molar-refractivity contribution in [1.29, 1.82) is 0 Å². The number of amides is 2. The quantitative estimate of drug-likeness (QED) is 0.693. The molecular weight excluding hydrogens is 234 g/mol. The highest BCUT2D eigenvalue weighted by Gasteiger charge is 2.37. The van der Waals surface area contributed by atoms with Gasteiger partial charge in [0.1, 0.15) is 5.54 Å². The standard InChI is InChI=1S/C12H23N3O3/c1-3-12(4-2,10(16)17)14-11(18)15-7-5-9(13)6-8-15/h9H,3-8,13H2,1-2H3,(H,14,18)(H,16,17). The first kappa shape index (κ1) is 14.8. The Morgan fingerprint density at radius 3 is 2.22 bits per heavy atom. The minimum Gasteiger partial charge on any atom is -0.480 e. The van der Waals surface area contributed by atoms with Crippen LogP contribution in [0.4, 0.5) is 4.79 Å². The highest BCUT2D eigenvalue weighted by molar-refractivity contribution is 5.86. The van der Waals surface area contributed by atoms with Crippen molar-refractivity contribution in [3.8, 4) is 0 Å². The Bertz CT molecular complexity index is 308. The lowest BCUT2D eigenvalue weighted by Gasteiger charge is -2.35. The Morgan fingerprint density at radius 2 is 1.83 bits per heavy atom. The van der Waals surface area contributed by atoms with E-state index in [0.717, 1.165) is 12.8 Å². The first-order valence-electron chi connectivity index (χ1n) is 6.51. The van der Waals surface area contributed by atoms with Crippen molar-refractivity contribution in [2.75, 3.05) is 13.1 Å². The third-order valence-corrected chi connectivity index (χ3v) is 3.79. The van der Waals surface area contributed by atoms with Crippen LogP contribution in [-0.2, 0) is 4.79 Å². The fourth-order valence-electron chi connectivity index (χ4n) is 2.17. The number of nitrogens with one attached hydrogen (secondary N) is 1. The van der Waals surface area contributed by atoms with Crippen molar-refractivity contribution in [3.05, 3.63) is 0 Å². The normalized spacial score (nSPS) is 17.6. The summed E-state index contributed by atoms with van der Waals surface area (Å²) in [6.07, 6.45) is 2.29. The van der Waals surface area contributed by atoms with Crippen molar-refractivity contribution in [1.82, 2.24) is 10.2 Å². The van der Waals surface area contributed by atoms with Gasteiger partial charge in [0.05, 0.1) is 0 Å². The van der Waals surface area contributed by atoms with E-state index in [9.17, 15) is 14.7 Å². The van der Waals surface area contributed by atoms with Gasteiger partial charge in [0, 0.05) is 19.1 Å². The van der Waals surface area contributed by atoms with Crippen LogP contribution in [0.5, 0.6) is 0 Å². The van der Waals surface area contributed by atoms with Gasteiger partial charge in [-0.1, -0.05) is 13.8 Å². The van der Waals surface area contributed by atoms with E-state index in [2.05, 4.69) is 5.32 Å². The molecule has 0 saturated carbocycles. The van der Waals surface area contributed by atoms with E-state index in [1.54, 1.807) is 18.7 Å². The van der Waals surface area contributed by atoms with Crippen LogP contribution in [0, 0.1) is 0 Å². The number of carbonyl (C=O) groups excluding carboxylic acids is 1. The van der Waals surface area contributed by atoms with Gasteiger partial charge in [0.15, 0.2) is 0 Å². The van der Waals surface area contributed by atoms with Crippen LogP contribution in [-0.4, -0.2) is 46.7 Å². The molecule has 6 nitrogen and oxygen atoms in total. The second kappa shape index (κ2) is 6.04. The zero-order chi connectivity index (χ0) is 13.8. The average Bonchev–Trinajstić information content (AvgIpc) is 2.36. The maximum atomic E-state index is 12.1. The molecule has 104 valence electrons. The van der Waals surface area contributed by atoms with Crippen molar-refractivity contribution < 1.29 is 14.7 Å². The smallest absolute Gasteiger partial charge is 0.329 e. The molecule has 0 aromatic rings. The zero-order valence-corrected chi connectivity index (χ0v) is 11.1. The Morgan fingerprint density at radius 1 is 1.33 bits per heavy atom. The number of piperidine rings is 1. The number of carboxylic acids is 1. The first-order valence-corrected chi connectivity index (χ1v) is 6.51. The lowest BCUT2D eigenvalue weighted by atomic mass is 9.93. The van der Waals surface area contributed by atoms with Crippen LogP contribution >= 0.6 is 0 Å². The Hall–Kier alpha value is -1.30. The summed E-state index contributed by atoms with van der Waals surface area (Å²) in [5.41, 5.74) is 4.62. The SMILES string of the molecule is CCC(CC)(NC(=O)N1CCC(N)CC1)C(=O)O. The predicted octanol–water partition coefficient (Wildman–Crippen LogP) is 0.763. The van der Waals surface area contributed by atoms with Gasteiger partial charge in [-0.25, -0.2) is 9.59 Å². The summed E-state index contributed by atoms with van der Waals surface area (Å²) in [7, 11) is 0. The van der Waals surface area contributed by atoms with Crippen molar-refractivity contribution in [3.63, 3.8) is 0 Å². The number of aliphatic carboxylic acids is 1. The number of rotatable bonds is 4. The molecule has 1 saturated heterocycles. The molecule has 1 fully saturated rings. The van der Waals surface area contributed by atoms with E-state index in [4.69, 9.17) is 5.73 Å². The van der Waals surface area contributed by atoms with E-state index in [1.165, 1.54) is 0 Å². The van der Waals surface area contributed by atoms with Gasteiger partial charge in [0.25, 0.3) is 0 Å². The molecule has 0 aromatic carbocycles. The van der Waals surface area contributed by atoms with Crippen molar-refractivity contribution >= 4 is 12.0 Å². The van der Waals surface area contributed by atoms with Gasteiger partial charge in [-0.2, -0.15) is 0 Å². The Labute approximate surface area is 108 Å². The molecule has 6 heteroatoms. The van der Waals surface area contributed by atoms with Gasteiger partial charge in [-0.3, -0.25) is 0 Å². The fourth-order valence-corrected chi connectivity index (χ4v) is 2.17. The van der Waals surface area contributed by atoms with Gasteiger partial charge >= 0.3 is 12.0 Å². The van der Waals surface area contributed by atoms with Crippen LogP contribution in [0.3, 0.4) is 0 Å². The molecule has 1 heterocycles. The first-order chi connectivity index (χ1) is 8.45. The third kappa shape index (κ3) is 3.13. The van der Waals surface area contributed by atoms with Crippen LogP contribution in [0.15, 0.2) is 0 Å². The molecule has 0 spiro atoms. The molecule has 0 unspecified atom stereocenters. The summed E-state index contributed by atoms with van der Waals surface area (Å²) in [5, 5.41) is 11.9. The number of likely N-dealkylation sites (tertiary alicyclic amines) is 1. The zero-order valence-electron chi connectivity index (χ0n) is 11.1. The fraction of sp³-hybridized carbons (Fsp3) is 0.833. The van der Waals surface area contributed by atoms with E-state index in [1.807, 2.05) is 0 Å². The minimum absolute atomic E-state index is 0.149. The van der Waals surface area contributed by atoms with Crippen molar-refractivity contribution in [2.45, 2.75) is 51.1 Å². The molecule has 18 heavy (non-hydrogen) atoms. The second-order valence-corrected chi connectivity index (χ2v) is 4.85. The number of nitrogens with zero attached hydrogens (tertiary/aromatic N) is 1. The van der Waals surface area contributed by atoms with Gasteiger partial charge < -0.3 is 21.1 Å². The minimum atomic E-state index is -1.16. The number of hydrogen-bond donors (Lipinski definition) is 3. The summed E-state index contributed by atoms with van der Waals surface area (Å²) < 4.78 is 0. The van der Waals surface area contributed by atoms with E-state index < -0.39 is 11.5 Å². The van der Waals surface area contributed by atoms with Crippen molar-refractivity contribution in [2.24, 2.45) is 5.73 Å². The molecule has 1 rings (SSSR count). The predicted molar refractivity (Wildman–Crippen MR) is 68.3 cm³/mol. The molecule has 1 aliphatic rings. The van der Waals surface area contributed by atoms with E-state index in [0.29, 0.717) is 25.9 Å². The number of carbonyl (C=O) groups is 2. The molecular formula is C12H23N3O3. The van der Waals surface area contributed by atoms with Crippen LogP contribution in [0.2, 0.25) is 0 Å². The highest BCUT2D eigenvalue weighted by Crippen LogP contribution is 2.17. The van der Waals surface area contributed by atoms with Gasteiger partial charge in [0.2, 0.25) is 0 Å². The third-order valence-electron chi connectivity index (χ3n) is 3.79. The average molecular weight is 257 g/mol. The number of nitrogens with two attached hydrogens (primary N) is 1. The molecule has 4 N–H and O–H groups in total. The largest absolute Gasteiger partial charge is 0.480 e. The monoisotopic (exact) mass is 257 g/mol. The van der Waals surface area contributed by atoms with E-state index >= 15 is 0 Å². The number of urea groups is 1.